The molecule has 0 aromatic heterocycles. The minimum absolute atomic E-state index is 0.000907. The number of non-ortho nitro benzene ring substituents is 1. The number of aliphatic hydroxyl groups is 1. The molecule has 0 fully saturated rings. The lowest BCUT2D eigenvalue weighted by molar-refractivity contribution is -0.384. The molecular formula is C14H20N2O4. The first-order valence-electron chi connectivity index (χ1n) is 6.61. The Hall–Kier alpha value is -1.95. The molecule has 20 heavy (non-hydrogen) atoms. The fourth-order valence-electron chi connectivity index (χ4n) is 1.95. The number of nitro benzene ring substituents is 1. The van der Waals surface area contributed by atoms with Gasteiger partial charge in [0, 0.05) is 12.1 Å². The van der Waals surface area contributed by atoms with Crippen molar-refractivity contribution in [3.63, 3.8) is 0 Å². The highest BCUT2D eigenvalue weighted by Crippen LogP contribution is 2.16. The number of hydrogen-bond acceptors (Lipinski definition) is 4. The van der Waals surface area contributed by atoms with Crippen molar-refractivity contribution in [3.8, 4) is 0 Å². The molecule has 0 saturated heterocycles. The van der Waals surface area contributed by atoms with Gasteiger partial charge in [-0.15, -0.1) is 0 Å². The van der Waals surface area contributed by atoms with Gasteiger partial charge in [0.25, 0.3) is 5.69 Å². The lowest BCUT2D eigenvalue weighted by Gasteiger charge is -2.30. The van der Waals surface area contributed by atoms with Crippen LogP contribution in [0.3, 0.4) is 0 Å². The van der Waals surface area contributed by atoms with Crippen molar-refractivity contribution >= 4 is 11.6 Å². The van der Waals surface area contributed by atoms with E-state index >= 15 is 0 Å². The summed E-state index contributed by atoms with van der Waals surface area (Å²) in [5, 5.41) is 22.8. The first-order chi connectivity index (χ1) is 9.46. The topological polar surface area (TPSA) is 92.5 Å². The minimum Gasteiger partial charge on any atom is -0.394 e. The first-order valence-corrected chi connectivity index (χ1v) is 6.61. The molecule has 0 unspecified atom stereocenters. The maximum atomic E-state index is 12.0. The van der Waals surface area contributed by atoms with Crippen LogP contribution in [-0.2, 0) is 11.2 Å². The van der Waals surface area contributed by atoms with Gasteiger partial charge in [0.05, 0.1) is 23.5 Å². The summed E-state index contributed by atoms with van der Waals surface area (Å²) in [5.74, 6) is -0.198. The van der Waals surface area contributed by atoms with E-state index in [1.165, 1.54) is 12.1 Å². The molecular weight excluding hydrogens is 260 g/mol. The van der Waals surface area contributed by atoms with Crippen molar-refractivity contribution in [2.75, 3.05) is 6.61 Å². The van der Waals surface area contributed by atoms with E-state index in [0.717, 1.165) is 0 Å². The number of nitrogens with zero attached hydrogens (tertiary/aromatic N) is 1. The quantitative estimate of drug-likeness (QED) is 0.588. The molecule has 0 heterocycles. The molecule has 1 amide bonds. The Morgan fingerprint density at radius 1 is 1.30 bits per heavy atom. The van der Waals surface area contributed by atoms with E-state index in [9.17, 15) is 20.0 Å². The monoisotopic (exact) mass is 280 g/mol. The zero-order valence-electron chi connectivity index (χ0n) is 11.8. The van der Waals surface area contributed by atoms with Crippen LogP contribution in [0, 0.1) is 10.1 Å². The van der Waals surface area contributed by atoms with Crippen LogP contribution < -0.4 is 5.32 Å². The van der Waals surface area contributed by atoms with Crippen LogP contribution in [0.2, 0.25) is 0 Å². The van der Waals surface area contributed by atoms with Crippen LogP contribution in [-0.4, -0.2) is 28.1 Å². The van der Waals surface area contributed by atoms with E-state index in [0.29, 0.717) is 18.4 Å². The summed E-state index contributed by atoms with van der Waals surface area (Å²) >= 11 is 0. The van der Waals surface area contributed by atoms with Crippen LogP contribution >= 0.6 is 0 Å². The molecule has 1 aromatic rings. The summed E-state index contributed by atoms with van der Waals surface area (Å²) in [6.45, 7) is 3.71. The van der Waals surface area contributed by atoms with Gasteiger partial charge >= 0.3 is 0 Å². The Balaban J connectivity index is 2.68. The van der Waals surface area contributed by atoms with E-state index in [4.69, 9.17) is 0 Å². The SMILES string of the molecule is CCC(CC)(CO)NC(=O)Cc1ccc([N+](=O)[O-])cc1. The van der Waals surface area contributed by atoms with Gasteiger partial charge in [-0.1, -0.05) is 26.0 Å². The number of nitrogens with one attached hydrogen (secondary N) is 1. The van der Waals surface area contributed by atoms with Gasteiger partial charge in [0.1, 0.15) is 0 Å². The van der Waals surface area contributed by atoms with Crippen molar-refractivity contribution in [1.82, 2.24) is 5.32 Å². The highest BCUT2D eigenvalue weighted by atomic mass is 16.6. The largest absolute Gasteiger partial charge is 0.394 e. The predicted molar refractivity (Wildman–Crippen MR) is 75.3 cm³/mol. The van der Waals surface area contributed by atoms with Crippen LogP contribution in [0.1, 0.15) is 32.3 Å². The average Bonchev–Trinajstić information content (AvgIpc) is 2.45. The second-order valence-corrected chi connectivity index (χ2v) is 4.79. The third-order valence-electron chi connectivity index (χ3n) is 3.57. The predicted octanol–water partition coefficient (Wildman–Crippen LogP) is 1.80. The standard InChI is InChI=1S/C14H20N2O4/c1-3-14(4-2,10-17)15-13(18)9-11-5-7-12(8-6-11)16(19)20/h5-8,17H,3-4,9-10H2,1-2H3,(H,15,18). The van der Waals surface area contributed by atoms with Gasteiger partial charge in [-0.25, -0.2) is 0 Å². The number of aliphatic hydroxyl groups excluding tert-OH is 1. The smallest absolute Gasteiger partial charge is 0.269 e. The Bertz CT molecular complexity index is 458. The van der Waals surface area contributed by atoms with Crippen molar-refractivity contribution in [3.05, 3.63) is 39.9 Å². The molecule has 0 spiro atoms. The van der Waals surface area contributed by atoms with Gasteiger partial charge < -0.3 is 10.4 Å². The molecule has 6 nitrogen and oxygen atoms in total. The fraction of sp³-hybridized carbons (Fsp3) is 0.500. The van der Waals surface area contributed by atoms with Crippen molar-refractivity contribution < 1.29 is 14.8 Å². The molecule has 0 atom stereocenters. The van der Waals surface area contributed by atoms with E-state index in [1.807, 2.05) is 13.8 Å². The number of hydrogen-bond donors (Lipinski definition) is 2. The van der Waals surface area contributed by atoms with Crippen LogP contribution in [0.5, 0.6) is 0 Å². The number of carbonyl (C=O) groups is 1. The normalized spacial score (nSPS) is 11.2. The lowest BCUT2D eigenvalue weighted by atomic mass is 9.93. The molecule has 0 aliphatic carbocycles. The van der Waals surface area contributed by atoms with E-state index < -0.39 is 10.5 Å². The van der Waals surface area contributed by atoms with Gasteiger partial charge in [-0.2, -0.15) is 0 Å². The maximum absolute atomic E-state index is 12.0. The molecule has 0 aliphatic rings. The van der Waals surface area contributed by atoms with Crippen LogP contribution in [0.4, 0.5) is 5.69 Å². The highest BCUT2D eigenvalue weighted by molar-refractivity contribution is 5.79. The number of nitro groups is 1. The zero-order chi connectivity index (χ0) is 15.2. The molecule has 2 N–H and O–H groups in total. The molecule has 0 bridgehead atoms. The zero-order valence-corrected chi connectivity index (χ0v) is 11.8. The average molecular weight is 280 g/mol. The second-order valence-electron chi connectivity index (χ2n) is 4.79. The third-order valence-corrected chi connectivity index (χ3v) is 3.57. The van der Waals surface area contributed by atoms with Gasteiger partial charge in [0.15, 0.2) is 0 Å². The second kappa shape index (κ2) is 7.00. The van der Waals surface area contributed by atoms with Crippen molar-refractivity contribution in [2.45, 2.75) is 38.6 Å². The summed E-state index contributed by atoms with van der Waals surface area (Å²) in [4.78, 5) is 22.0. The Morgan fingerprint density at radius 3 is 2.25 bits per heavy atom. The first kappa shape index (κ1) is 16.1. The Labute approximate surface area is 118 Å². The molecule has 0 saturated carbocycles. The molecule has 1 aromatic carbocycles. The van der Waals surface area contributed by atoms with E-state index in [2.05, 4.69) is 5.32 Å². The van der Waals surface area contributed by atoms with Gasteiger partial charge in [0.2, 0.25) is 5.91 Å². The molecule has 1 rings (SSSR count). The number of rotatable bonds is 7. The van der Waals surface area contributed by atoms with E-state index in [1.54, 1.807) is 12.1 Å². The van der Waals surface area contributed by atoms with Crippen LogP contribution in [0.25, 0.3) is 0 Å². The summed E-state index contributed by atoms with van der Waals surface area (Å²) in [6.07, 6.45) is 1.43. The number of carbonyl (C=O) groups excluding carboxylic acids is 1. The van der Waals surface area contributed by atoms with Gasteiger partial charge in [-0.05, 0) is 18.4 Å². The van der Waals surface area contributed by atoms with Gasteiger partial charge in [-0.3, -0.25) is 14.9 Å². The van der Waals surface area contributed by atoms with Crippen molar-refractivity contribution in [2.24, 2.45) is 0 Å². The van der Waals surface area contributed by atoms with E-state index in [-0.39, 0.29) is 24.6 Å². The highest BCUT2D eigenvalue weighted by Gasteiger charge is 2.26. The summed E-state index contributed by atoms with van der Waals surface area (Å²) < 4.78 is 0. The fourth-order valence-corrected chi connectivity index (χ4v) is 1.95. The Kier molecular flexibility index (Phi) is 5.64. The number of amides is 1. The summed E-state index contributed by atoms with van der Waals surface area (Å²) in [6, 6.07) is 5.88. The molecule has 6 heteroatoms. The third kappa shape index (κ3) is 4.03. The van der Waals surface area contributed by atoms with Crippen molar-refractivity contribution in [1.29, 1.82) is 0 Å². The minimum atomic E-state index is -0.585. The maximum Gasteiger partial charge on any atom is 0.269 e. The molecule has 110 valence electrons. The summed E-state index contributed by atoms with van der Waals surface area (Å²) in [5.41, 5.74) is 0.117. The lowest BCUT2D eigenvalue weighted by Crippen LogP contribution is -2.51. The molecule has 0 radical (unpaired) electrons. The summed E-state index contributed by atoms with van der Waals surface area (Å²) in [7, 11) is 0. The van der Waals surface area contributed by atoms with Crippen LogP contribution in [0.15, 0.2) is 24.3 Å². The Morgan fingerprint density at radius 2 is 1.85 bits per heavy atom. The number of benzene rings is 1. The molecule has 0 aliphatic heterocycles.